The summed E-state index contributed by atoms with van der Waals surface area (Å²) in [4.78, 5) is 11.8. The maximum Gasteiger partial charge on any atom is 0.311 e. The SMILES string of the molecule is CCCCCCCCCCCCc1cc(C)n(C)c1CC(=O)OCC. The summed E-state index contributed by atoms with van der Waals surface area (Å²) < 4.78 is 7.26. The van der Waals surface area contributed by atoms with Crippen LogP contribution in [0.1, 0.15) is 95.0 Å². The van der Waals surface area contributed by atoms with Crippen molar-refractivity contribution in [1.29, 1.82) is 0 Å². The number of carbonyl (C=O) groups is 1. The highest BCUT2D eigenvalue weighted by atomic mass is 16.5. The molecule has 0 saturated heterocycles. The van der Waals surface area contributed by atoms with Crippen LogP contribution < -0.4 is 0 Å². The number of ether oxygens (including phenoxy) is 1. The lowest BCUT2D eigenvalue weighted by Gasteiger charge is -2.08. The highest BCUT2D eigenvalue weighted by Gasteiger charge is 2.14. The molecule has 0 unspecified atom stereocenters. The summed E-state index contributed by atoms with van der Waals surface area (Å²) in [5.74, 6) is -0.118. The molecule has 0 aliphatic rings. The number of unbranched alkanes of at least 4 members (excludes halogenated alkanes) is 9. The molecule has 0 spiro atoms. The van der Waals surface area contributed by atoms with E-state index in [2.05, 4.69) is 24.5 Å². The van der Waals surface area contributed by atoms with Crippen molar-refractivity contribution in [1.82, 2.24) is 4.57 Å². The Bertz CT molecular complexity index is 490. The quantitative estimate of drug-likeness (QED) is 0.309. The number of hydrogen-bond acceptors (Lipinski definition) is 2. The number of rotatable bonds is 14. The summed E-state index contributed by atoms with van der Waals surface area (Å²) in [5, 5.41) is 0. The smallest absolute Gasteiger partial charge is 0.311 e. The van der Waals surface area contributed by atoms with Crippen LogP contribution in [0.3, 0.4) is 0 Å². The van der Waals surface area contributed by atoms with Crippen LogP contribution in [-0.2, 0) is 29.4 Å². The normalized spacial score (nSPS) is 11.0. The van der Waals surface area contributed by atoms with Crippen molar-refractivity contribution in [3.63, 3.8) is 0 Å². The maximum absolute atomic E-state index is 11.8. The van der Waals surface area contributed by atoms with Gasteiger partial charge in [0, 0.05) is 18.4 Å². The lowest BCUT2D eigenvalue weighted by Crippen LogP contribution is -2.12. The molecule has 1 rings (SSSR count). The van der Waals surface area contributed by atoms with E-state index in [0.717, 1.165) is 12.1 Å². The molecule has 1 heterocycles. The molecule has 0 bridgehead atoms. The van der Waals surface area contributed by atoms with Crippen molar-refractivity contribution in [2.45, 2.75) is 97.8 Å². The molecule has 3 heteroatoms. The number of nitrogens with zero attached hydrogens (tertiary/aromatic N) is 1. The van der Waals surface area contributed by atoms with Crippen LogP contribution in [0.4, 0.5) is 0 Å². The lowest BCUT2D eigenvalue weighted by molar-refractivity contribution is -0.142. The zero-order chi connectivity index (χ0) is 18.5. The molecular weight excluding hydrogens is 310 g/mol. The highest BCUT2D eigenvalue weighted by molar-refractivity contribution is 5.72. The van der Waals surface area contributed by atoms with E-state index in [1.807, 2.05) is 14.0 Å². The number of aromatic nitrogens is 1. The first-order chi connectivity index (χ1) is 12.1. The van der Waals surface area contributed by atoms with Gasteiger partial charge in [-0.2, -0.15) is 0 Å². The van der Waals surface area contributed by atoms with Gasteiger partial charge >= 0.3 is 5.97 Å². The summed E-state index contributed by atoms with van der Waals surface area (Å²) in [6, 6.07) is 2.24. The second-order valence-corrected chi connectivity index (χ2v) is 7.23. The molecule has 0 atom stereocenters. The van der Waals surface area contributed by atoms with E-state index >= 15 is 0 Å². The Morgan fingerprint density at radius 3 is 2.08 bits per heavy atom. The first-order valence-electron chi connectivity index (χ1n) is 10.4. The molecule has 0 aromatic carbocycles. The Hall–Kier alpha value is -1.25. The number of esters is 1. The van der Waals surface area contributed by atoms with E-state index in [-0.39, 0.29) is 5.97 Å². The van der Waals surface area contributed by atoms with Crippen molar-refractivity contribution in [3.05, 3.63) is 23.0 Å². The number of hydrogen-bond donors (Lipinski definition) is 0. The first-order valence-corrected chi connectivity index (χ1v) is 10.4. The predicted molar refractivity (Wildman–Crippen MR) is 106 cm³/mol. The van der Waals surface area contributed by atoms with Gasteiger partial charge in [0.2, 0.25) is 0 Å². The summed E-state index contributed by atoms with van der Waals surface area (Å²) in [6.07, 6.45) is 15.0. The topological polar surface area (TPSA) is 31.2 Å². The Balaban J connectivity index is 2.26. The predicted octanol–water partition coefficient (Wildman–Crippen LogP) is 5.90. The Morgan fingerprint density at radius 2 is 1.52 bits per heavy atom. The van der Waals surface area contributed by atoms with Gasteiger partial charge in [0.1, 0.15) is 0 Å². The van der Waals surface area contributed by atoms with E-state index in [9.17, 15) is 4.79 Å². The molecule has 0 aliphatic heterocycles. The Kier molecular flexibility index (Phi) is 11.3. The van der Waals surface area contributed by atoms with Crippen LogP contribution in [0.5, 0.6) is 0 Å². The molecule has 0 radical (unpaired) electrons. The van der Waals surface area contributed by atoms with Crippen LogP contribution in [0, 0.1) is 6.92 Å². The third-order valence-corrected chi connectivity index (χ3v) is 5.10. The first kappa shape index (κ1) is 21.8. The molecule has 1 aromatic rings. The van der Waals surface area contributed by atoms with Gasteiger partial charge in [0.15, 0.2) is 0 Å². The number of aryl methyl sites for hydroxylation is 2. The highest BCUT2D eigenvalue weighted by Crippen LogP contribution is 2.19. The van der Waals surface area contributed by atoms with Gasteiger partial charge in [-0.25, -0.2) is 0 Å². The summed E-state index contributed by atoms with van der Waals surface area (Å²) >= 11 is 0. The van der Waals surface area contributed by atoms with Crippen molar-refractivity contribution >= 4 is 5.97 Å². The van der Waals surface area contributed by atoms with Crippen molar-refractivity contribution in [3.8, 4) is 0 Å². The molecule has 0 aliphatic carbocycles. The van der Waals surface area contributed by atoms with Gasteiger partial charge in [-0.1, -0.05) is 64.7 Å². The van der Waals surface area contributed by atoms with Crippen molar-refractivity contribution < 1.29 is 9.53 Å². The molecular formula is C22H39NO2. The van der Waals surface area contributed by atoms with Crippen LogP contribution in [-0.4, -0.2) is 17.1 Å². The molecule has 3 nitrogen and oxygen atoms in total. The molecule has 0 saturated carbocycles. The van der Waals surface area contributed by atoms with Crippen LogP contribution in [0.2, 0.25) is 0 Å². The van der Waals surface area contributed by atoms with E-state index in [1.165, 1.54) is 75.5 Å². The minimum atomic E-state index is -0.118. The molecule has 0 fully saturated rings. The third-order valence-electron chi connectivity index (χ3n) is 5.10. The van der Waals surface area contributed by atoms with Crippen LogP contribution >= 0.6 is 0 Å². The molecule has 1 aromatic heterocycles. The Morgan fingerprint density at radius 1 is 0.960 bits per heavy atom. The minimum absolute atomic E-state index is 0.118. The van der Waals surface area contributed by atoms with Gasteiger partial charge in [-0.05, 0) is 38.3 Å². The Labute approximate surface area is 155 Å². The second-order valence-electron chi connectivity index (χ2n) is 7.23. The van der Waals surface area contributed by atoms with Crippen LogP contribution in [0.25, 0.3) is 0 Å². The maximum atomic E-state index is 11.8. The van der Waals surface area contributed by atoms with Gasteiger partial charge < -0.3 is 9.30 Å². The second kappa shape index (κ2) is 13.0. The van der Waals surface area contributed by atoms with Gasteiger partial charge in [0.05, 0.1) is 13.0 Å². The average molecular weight is 350 g/mol. The van der Waals surface area contributed by atoms with Gasteiger partial charge in [0.25, 0.3) is 0 Å². The van der Waals surface area contributed by atoms with Gasteiger partial charge in [-0.3, -0.25) is 4.79 Å². The molecule has 0 N–H and O–H groups in total. The standard InChI is InChI=1S/C22H39NO2/c1-5-7-8-9-10-11-12-13-14-15-16-20-17-19(3)23(4)21(20)18-22(24)25-6-2/h17H,5-16,18H2,1-4H3. The van der Waals surface area contributed by atoms with Gasteiger partial charge in [-0.15, -0.1) is 0 Å². The van der Waals surface area contributed by atoms with E-state index < -0.39 is 0 Å². The fourth-order valence-corrected chi connectivity index (χ4v) is 3.46. The summed E-state index contributed by atoms with van der Waals surface area (Å²) in [5.41, 5.74) is 3.68. The number of carbonyl (C=O) groups excluding carboxylic acids is 1. The molecule has 0 amide bonds. The lowest BCUT2D eigenvalue weighted by atomic mass is 10.0. The van der Waals surface area contributed by atoms with Crippen LogP contribution in [0.15, 0.2) is 6.07 Å². The van der Waals surface area contributed by atoms with Crippen molar-refractivity contribution in [2.75, 3.05) is 6.61 Å². The largest absolute Gasteiger partial charge is 0.466 e. The minimum Gasteiger partial charge on any atom is -0.466 e. The molecule has 25 heavy (non-hydrogen) atoms. The fourth-order valence-electron chi connectivity index (χ4n) is 3.46. The monoisotopic (exact) mass is 349 g/mol. The fraction of sp³-hybridized carbons (Fsp3) is 0.773. The zero-order valence-corrected chi connectivity index (χ0v) is 17.0. The zero-order valence-electron chi connectivity index (χ0n) is 17.0. The van der Waals surface area contributed by atoms with Crippen molar-refractivity contribution in [2.24, 2.45) is 7.05 Å². The molecule has 144 valence electrons. The summed E-state index contributed by atoms with van der Waals surface area (Å²) in [7, 11) is 2.05. The van der Waals surface area contributed by atoms with E-state index in [0.29, 0.717) is 13.0 Å². The van der Waals surface area contributed by atoms with E-state index in [1.54, 1.807) is 0 Å². The summed E-state index contributed by atoms with van der Waals surface area (Å²) in [6.45, 7) is 6.69. The average Bonchev–Trinajstić information content (AvgIpc) is 2.84. The van der Waals surface area contributed by atoms with E-state index in [4.69, 9.17) is 4.74 Å². The third kappa shape index (κ3) is 8.60.